The molecule has 0 heterocycles. The Bertz CT molecular complexity index is 324. The van der Waals surface area contributed by atoms with Gasteiger partial charge in [0, 0.05) is 0 Å². The summed E-state index contributed by atoms with van der Waals surface area (Å²) in [4.78, 5) is 0. The summed E-state index contributed by atoms with van der Waals surface area (Å²) >= 11 is 0. The molecule has 0 bridgehead atoms. The summed E-state index contributed by atoms with van der Waals surface area (Å²) in [7, 11) is 0. The van der Waals surface area contributed by atoms with Crippen molar-refractivity contribution < 1.29 is 5.11 Å². The molecule has 1 fully saturated rings. The van der Waals surface area contributed by atoms with Gasteiger partial charge in [-0.15, -0.1) is 0 Å². The highest BCUT2D eigenvalue weighted by Crippen LogP contribution is 2.41. The van der Waals surface area contributed by atoms with Crippen molar-refractivity contribution in [3.8, 4) is 0 Å². The molecule has 1 nitrogen and oxygen atoms in total. The van der Waals surface area contributed by atoms with E-state index in [1.165, 1.54) is 11.1 Å². The van der Waals surface area contributed by atoms with Gasteiger partial charge in [-0.25, -0.2) is 0 Å². The van der Waals surface area contributed by atoms with E-state index in [0.717, 1.165) is 24.8 Å². The topological polar surface area (TPSA) is 20.2 Å². The monoisotopic (exact) mass is 176 g/mol. The molecule has 0 unspecified atom stereocenters. The van der Waals surface area contributed by atoms with Crippen LogP contribution in [-0.2, 0) is 5.60 Å². The fourth-order valence-corrected chi connectivity index (χ4v) is 1.83. The zero-order chi connectivity index (χ0) is 9.47. The predicted molar refractivity (Wildman–Crippen MR) is 53.7 cm³/mol. The summed E-state index contributed by atoms with van der Waals surface area (Å²) < 4.78 is 0. The van der Waals surface area contributed by atoms with Crippen LogP contribution in [-0.4, -0.2) is 5.11 Å². The maximum Gasteiger partial charge on any atom is 0.0896 e. The SMILES string of the molecule is Cc1ccc(C2(O)CCC2)cc1C. The normalized spacial score (nSPS) is 19.6. The highest BCUT2D eigenvalue weighted by Gasteiger charge is 2.36. The van der Waals surface area contributed by atoms with Crippen LogP contribution in [0.2, 0.25) is 0 Å². The van der Waals surface area contributed by atoms with E-state index >= 15 is 0 Å². The van der Waals surface area contributed by atoms with Gasteiger partial charge in [0.25, 0.3) is 0 Å². The number of aliphatic hydroxyl groups is 1. The highest BCUT2D eigenvalue weighted by molar-refractivity contribution is 5.34. The van der Waals surface area contributed by atoms with Gasteiger partial charge in [-0.3, -0.25) is 0 Å². The van der Waals surface area contributed by atoms with Crippen LogP contribution in [0, 0.1) is 13.8 Å². The predicted octanol–water partition coefficient (Wildman–Crippen LogP) is 2.67. The van der Waals surface area contributed by atoms with Gasteiger partial charge in [0.05, 0.1) is 5.60 Å². The molecule has 1 aliphatic carbocycles. The van der Waals surface area contributed by atoms with Crippen molar-refractivity contribution in [1.29, 1.82) is 0 Å². The molecule has 1 aliphatic rings. The molecule has 0 atom stereocenters. The molecule has 1 aromatic carbocycles. The van der Waals surface area contributed by atoms with Crippen LogP contribution in [0.4, 0.5) is 0 Å². The summed E-state index contributed by atoms with van der Waals surface area (Å²) in [6, 6.07) is 6.27. The molecule has 0 amide bonds. The third-order valence-electron chi connectivity index (χ3n) is 3.22. The Morgan fingerprint density at radius 2 is 1.85 bits per heavy atom. The quantitative estimate of drug-likeness (QED) is 0.697. The minimum Gasteiger partial charge on any atom is -0.385 e. The van der Waals surface area contributed by atoms with E-state index in [1.807, 2.05) is 0 Å². The average Bonchev–Trinajstić information content (AvgIpc) is 2.06. The lowest BCUT2D eigenvalue weighted by Crippen LogP contribution is -2.33. The summed E-state index contributed by atoms with van der Waals surface area (Å²) in [5.74, 6) is 0. The lowest BCUT2D eigenvalue weighted by atomic mass is 9.74. The van der Waals surface area contributed by atoms with Gasteiger partial charge in [0.2, 0.25) is 0 Å². The minimum atomic E-state index is -0.502. The molecule has 0 spiro atoms. The number of aryl methyl sites for hydroxylation is 2. The first-order valence-corrected chi connectivity index (χ1v) is 4.92. The fourth-order valence-electron chi connectivity index (χ4n) is 1.83. The van der Waals surface area contributed by atoms with Gasteiger partial charge >= 0.3 is 0 Å². The summed E-state index contributed by atoms with van der Waals surface area (Å²) in [5, 5.41) is 10.1. The molecular weight excluding hydrogens is 160 g/mol. The number of benzene rings is 1. The van der Waals surface area contributed by atoms with E-state index in [4.69, 9.17) is 0 Å². The zero-order valence-electron chi connectivity index (χ0n) is 8.30. The largest absolute Gasteiger partial charge is 0.385 e. The molecule has 0 aromatic heterocycles. The van der Waals surface area contributed by atoms with Gasteiger partial charge in [-0.05, 0) is 49.8 Å². The molecule has 0 aliphatic heterocycles. The molecule has 1 heteroatoms. The molecule has 13 heavy (non-hydrogen) atoms. The molecule has 1 saturated carbocycles. The lowest BCUT2D eigenvalue weighted by Gasteiger charge is -2.37. The molecule has 0 radical (unpaired) electrons. The Hall–Kier alpha value is -0.820. The number of hydrogen-bond acceptors (Lipinski definition) is 1. The van der Waals surface area contributed by atoms with Crippen LogP contribution in [0.15, 0.2) is 18.2 Å². The molecule has 70 valence electrons. The maximum absolute atomic E-state index is 10.1. The van der Waals surface area contributed by atoms with Crippen molar-refractivity contribution in [2.24, 2.45) is 0 Å². The second-order valence-corrected chi connectivity index (χ2v) is 4.18. The van der Waals surface area contributed by atoms with E-state index in [2.05, 4.69) is 32.0 Å². The Morgan fingerprint density at radius 3 is 2.31 bits per heavy atom. The van der Waals surface area contributed by atoms with Crippen molar-refractivity contribution in [2.45, 2.75) is 38.7 Å². The molecule has 1 aromatic rings. The second kappa shape index (κ2) is 2.85. The third kappa shape index (κ3) is 1.37. The van der Waals surface area contributed by atoms with E-state index in [0.29, 0.717) is 0 Å². The van der Waals surface area contributed by atoms with Crippen LogP contribution in [0.5, 0.6) is 0 Å². The van der Waals surface area contributed by atoms with Crippen LogP contribution in [0.25, 0.3) is 0 Å². The van der Waals surface area contributed by atoms with E-state index in [1.54, 1.807) is 0 Å². The Morgan fingerprint density at radius 1 is 1.15 bits per heavy atom. The van der Waals surface area contributed by atoms with Crippen molar-refractivity contribution >= 4 is 0 Å². The van der Waals surface area contributed by atoms with Gasteiger partial charge < -0.3 is 5.11 Å². The smallest absolute Gasteiger partial charge is 0.0896 e. The standard InChI is InChI=1S/C12H16O/c1-9-4-5-11(8-10(9)2)12(13)6-3-7-12/h4-5,8,13H,3,6-7H2,1-2H3. The first-order chi connectivity index (χ1) is 6.12. The van der Waals surface area contributed by atoms with Crippen molar-refractivity contribution in [2.75, 3.05) is 0 Å². The number of hydrogen-bond donors (Lipinski definition) is 1. The Kier molecular flexibility index (Phi) is 1.92. The molecule has 0 saturated heterocycles. The minimum absolute atomic E-state index is 0.502. The Labute approximate surface area is 79.4 Å². The molecule has 2 rings (SSSR count). The first-order valence-electron chi connectivity index (χ1n) is 4.92. The van der Waals surface area contributed by atoms with E-state index in [9.17, 15) is 5.11 Å². The molecular formula is C12H16O. The first kappa shape index (κ1) is 8.76. The van der Waals surface area contributed by atoms with Gasteiger partial charge in [0.1, 0.15) is 0 Å². The maximum atomic E-state index is 10.1. The van der Waals surface area contributed by atoms with Crippen LogP contribution < -0.4 is 0 Å². The van der Waals surface area contributed by atoms with Crippen LogP contribution in [0.1, 0.15) is 36.0 Å². The summed E-state index contributed by atoms with van der Waals surface area (Å²) in [5.41, 5.74) is 3.17. The van der Waals surface area contributed by atoms with Crippen molar-refractivity contribution in [1.82, 2.24) is 0 Å². The highest BCUT2D eigenvalue weighted by atomic mass is 16.3. The van der Waals surface area contributed by atoms with Crippen molar-refractivity contribution in [3.05, 3.63) is 34.9 Å². The molecule has 1 N–H and O–H groups in total. The van der Waals surface area contributed by atoms with Gasteiger partial charge in [-0.2, -0.15) is 0 Å². The van der Waals surface area contributed by atoms with Gasteiger partial charge in [0.15, 0.2) is 0 Å². The zero-order valence-corrected chi connectivity index (χ0v) is 8.30. The van der Waals surface area contributed by atoms with E-state index < -0.39 is 5.60 Å². The lowest BCUT2D eigenvalue weighted by molar-refractivity contribution is -0.0388. The van der Waals surface area contributed by atoms with Gasteiger partial charge in [-0.1, -0.05) is 18.2 Å². The second-order valence-electron chi connectivity index (χ2n) is 4.18. The van der Waals surface area contributed by atoms with Crippen LogP contribution >= 0.6 is 0 Å². The summed E-state index contributed by atoms with van der Waals surface area (Å²) in [6.07, 6.45) is 3.01. The average molecular weight is 176 g/mol. The number of rotatable bonds is 1. The third-order valence-corrected chi connectivity index (χ3v) is 3.22. The van der Waals surface area contributed by atoms with Crippen molar-refractivity contribution in [3.63, 3.8) is 0 Å². The van der Waals surface area contributed by atoms with Crippen LogP contribution in [0.3, 0.4) is 0 Å². The fraction of sp³-hybridized carbons (Fsp3) is 0.500. The summed E-state index contributed by atoms with van der Waals surface area (Å²) in [6.45, 7) is 4.20. The Balaban J connectivity index is 2.36. The van der Waals surface area contributed by atoms with E-state index in [-0.39, 0.29) is 0 Å².